The first-order valence-electron chi connectivity index (χ1n) is 7.19. The summed E-state index contributed by atoms with van der Waals surface area (Å²) < 4.78 is 5.37. The summed E-state index contributed by atoms with van der Waals surface area (Å²) in [7, 11) is 0. The average molecular weight is 263 g/mol. The molecular weight excluding hydrogens is 242 g/mol. The fourth-order valence-corrected chi connectivity index (χ4v) is 2.73. The summed E-state index contributed by atoms with van der Waals surface area (Å²) in [4.78, 5) is 14.1. The molecule has 0 radical (unpaired) electrons. The molecule has 0 unspecified atom stereocenters. The standard InChI is InChI=1S/C14H21N3O2/c1-10-9-13(19-16-10)12-3-2-7-17(12)8-6-14(18)15-11-4-5-11/h9,11-12H,2-8H2,1H3,(H,15,18)/t12-/m1/s1. The van der Waals surface area contributed by atoms with E-state index >= 15 is 0 Å². The number of nitrogens with one attached hydrogen (secondary N) is 1. The van der Waals surface area contributed by atoms with Gasteiger partial charge in [0, 0.05) is 25.1 Å². The van der Waals surface area contributed by atoms with Crippen molar-refractivity contribution in [3.05, 3.63) is 17.5 Å². The molecule has 3 rings (SSSR count). The molecule has 2 aliphatic rings. The average Bonchev–Trinajstić information content (AvgIpc) is 2.91. The van der Waals surface area contributed by atoms with Gasteiger partial charge in [-0.05, 0) is 39.2 Å². The largest absolute Gasteiger partial charge is 0.359 e. The maximum atomic E-state index is 11.7. The van der Waals surface area contributed by atoms with E-state index in [9.17, 15) is 4.79 Å². The van der Waals surface area contributed by atoms with Crippen molar-refractivity contribution in [1.82, 2.24) is 15.4 Å². The number of carbonyl (C=O) groups excluding carboxylic acids is 1. The van der Waals surface area contributed by atoms with Gasteiger partial charge in [0.15, 0.2) is 5.76 Å². The molecule has 104 valence electrons. The van der Waals surface area contributed by atoms with Crippen LogP contribution in [0.4, 0.5) is 0 Å². The van der Waals surface area contributed by atoms with Crippen LogP contribution in [0.1, 0.15) is 49.6 Å². The predicted octanol–water partition coefficient (Wildman–Crippen LogP) is 1.79. The van der Waals surface area contributed by atoms with E-state index in [0.29, 0.717) is 18.5 Å². The normalized spacial score (nSPS) is 23.7. The maximum absolute atomic E-state index is 11.7. The number of likely N-dealkylation sites (tertiary alicyclic amines) is 1. The fraction of sp³-hybridized carbons (Fsp3) is 0.714. The molecule has 1 atom stereocenters. The molecule has 5 heteroatoms. The number of amides is 1. The third-order valence-electron chi connectivity index (χ3n) is 3.91. The lowest BCUT2D eigenvalue weighted by Crippen LogP contribution is -2.31. The Kier molecular flexibility index (Phi) is 3.55. The topological polar surface area (TPSA) is 58.4 Å². The Morgan fingerprint density at radius 3 is 3.05 bits per heavy atom. The molecule has 1 aromatic heterocycles. The van der Waals surface area contributed by atoms with E-state index in [1.54, 1.807) is 0 Å². The lowest BCUT2D eigenvalue weighted by atomic mass is 10.1. The van der Waals surface area contributed by atoms with Crippen LogP contribution in [0, 0.1) is 6.92 Å². The quantitative estimate of drug-likeness (QED) is 0.880. The molecule has 2 fully saturated rings. The summed E-state index contributed by atoms with van der Waals surface area (Å²) in [5, 5.41) is 6.99. The second-order valence-electron chi connectivity index (χ2n) is 5.66. The summed E-state index contributed by atoms with van der Waals surface area (Å²) in [5.41, 5.74) is 0.924. The Balaban J connectivity index is 1.52. The number of hydrogen-bond donors (Lipinski definition) is 1. The van der Waals surface area contributed by atoms with Gasteiger partial charge in [-0.2, -0.15) is 0 Å². The Hall–Kier alpha value is -1.36. The second-order valence-corrected chi connectivity index (χ2v) is 5.66. The molecule has 0 aromatic carbocycles. The van der Waals surface area contributed by atoms with Gasteiger partial charge in [0.1, 0.15) is 0 Å². The minimum absolute atomic E-state index is 0.182. The van der Waals surface area contributed by atoms with Crippen molar-refractivity contribution in [3.8, 4) is 0 Å². The highest BCUT2D eigenvalue weighted by atomic mass is 16.5. The van der Waals surface area contributed by atoms with E-state index in [2.05, 4.69) is 15.4 Å². The monoisotopic (exact) mass is 263 g/mol. The zero-order valence-electron chi connectivity index (χ0n) is 11.4. The van der Waals surface area contributed by atoms with E-state index < -0.39 is 0 Å². The van der Waals surface area contributed by atoms with Gasteiger partial charge in [-0.3, -0.25) is 9.69 Å². The predicted molar refractivity (Wildman–Crippen MR) is 70.6 cm³/mol. The molecule has 1 N–H and O–H groups in total. The van der Waals surface area contributed by atoms with Crippen molar-refractivity contribution in [2.24, 2.45) is 0 Å². The highest BCUT2D eigenvalue weighted by Gasteiger charge is 2.29. The van der Waals surface area contributed by atoms with E-state index in [1.807, 2.05) is 13.0 Å². The van der Waals surface area contributed by atoms with E-state index in [-0.39, 0.29) is 5.91 Å². The van der Waals surface area contributed by atoms with Gasteiger partial charge in [0.25, 0.3) is 0 Å². The number of aromatic nitrogens is 1. The molecule has 2 heterocycles. The minimum Gasteiger partial charge on any atom is -0.359 e. The molecule has 1 amide bonds. The minimum atomic E-state index is 0.182. The summed E-state index contributed by atoms with van der Waals surface area (Å²) in [6.07, 6.45) is 5.14. The molecule has 1 aliphatic heterocycles. The molecule has 19 heavy (non-hydrogen) atoms. The zero-order valence-corrected chi connectivity index (χ0v) is 11.4. The number of aryl methyl sites for hydroxylation is 1. The van der Waals surface area contributed by atoms with Crippen molar-refractivity contribution in [2.75, 3.05) is 13.1 Å². The number of carbonyl (C=O) groups is 1. The van der Waals surface area contributed by atoms with Crippen molar-refractivity contribution in [2.45, 2.75) is 51.1 Å². The first kappa shape index (κ1) is 12.7. The second kappa shape index (κ2) is 5.33. The highest BCUT2D eigenvalue weighted by Crippen LogP contribution is 2.32. The molecule has 1 saturated carbocycles. The van der Waals surface area contributed by atoms with Crippen molar-refractivity contribution < 1.29 is 9.32 Å². The van der Waals surface area contributed by atoms with Crippen LogP contribution >= 0.6 is 0 Å². The molecule has 1 saturated heterocycles. The smallest absolute Gasteiger partial charge is 0.221 e. The maximum Gasteiger partial charge on any atom is 0.221 e. The van der Waals surface area contributed by atoms with Gasteiger partial charge >= 0.3 is 0 Å². The van der Waals surface area contributed by atoms with Crippen LogP contribution < -0.4 is 5.32 Å². The highest BCUT2D eigenvalue weighted by molar-refractivity contribution is 5.76. The third-order valence-corrected chi connectivity index (χ3v) is 3.91. The van der Waals surface area contributed by atoms with Crippen molar-refractivity contribution in [3.63, 3.8) is 0 Å². The van der Waals surface area contributed by atoms with Crippen molar-refractivity contribution >= 4 is 5.91 Å². The number of rotatable bonds is 5. The Morgan fingerprint density at radius 2 is 2.37 bits per heavy atom. The molecule has 0 bridgehead atoms. The Morgan fingerprint density at radius 1 is 1.53 bits per heavy atom. The third kappa shape index (κ3) is 3.15. The Labute approximate surface area is 113 Å². The van der Waals surface area contributed by atoms with E-state index in [4.69, 9.17) is 4.52 Å². The summed E-state index contributed by atoms with van der Waals surface area (Å²) in [6.45, 7) is 3.79. The first-order valence-corrected chi connectivity index (χ1v) is 7.19. The van der Waals surface area contributed by atoms with Crippen LogP contribution in [0.3, 0.4) is 0 Å². The van der Waals surface area contributed by atoms with Crippen LogP contribution in [0.5, 0.6) is 0 Å². The first-order chi connectivity index (χ1) is 9.22. The van der Waals surface area contributed by atoms with Gasteiger partial charge in [-0.25, -0.2) is 0 Å². The van der Waals surface area contributed by atoms with Crippen LogP contribution in [0.2, 0.25) is 0 Å². The fourth-order valence-electron chi connectivity index (χ4n) is 2.73. The van der Waals surface area contributed by atoms with Gasteiger partial charge in [-0.15, -0.1) is 0 Å². The molecule has 0 spiro atoms. The lowest BCUT2D eigenvalue weighted by molar-refractivity contribution is -0.121. The van der Waals surface area contributed by atoms with Crippen LogP contribution in [-0.4, -0.2) is 35.1 Å². The lowest BCUT2D eigenvalue weighted by Gasteiger charge is -2.21. The zero-order chi connectivity index (χ0) is 13.2. The van der Waals surface area contributed by atoms with E-state index in [0.717, 1.165) is 50.2 Å². The van der Waals surface area contributed by atoms with Crippen molar-refractivity contribution in [1.29, 1.82) is 0 Å². The van der Waals surface area contributed by atoms with Crippen LogP contribution in [0.25, 0.3) is 0 Å². The summed E-state index contributed by atoms with van der Waals surface area (Å²) in [6, 6.07) is 2.77. The van der Waals surface area contributed by atoms with Gasteiger partial charge in [-0.1, -0.05) is 5.16 Å². The number of hydrogen-bond acceptors (Lipinski definition) is 4. The molecule has 1 aromatic rings. The van der Waals surface area contributed by atoms with Gasteiger partial charge < -0.3 is 9.84 Å². The molecular formula is C14H21N3O2. The summed E-state index contributed by atoms with van der Waals surface area (Å²) in [5.74, 6) is 1.12. The van der Waals surface area contributed by atoms with Gasteiger partial charge in [0.05, 0.1) is 11.7 Å². The van der Waals surface area contributed by atoms with E-state index in [1.165, 1.54) is 0 Å². The number of nitrogens with zero attached hydrogens (tertiary/aromatic N) is 2. The van der Waals surface area contributed by atoms with Crippen LogP contribution in [-0.2, 0) is 4.79 Å². The molecule has 1 aliphatic carbocycles. The van der Waals surface area contributed by atoms with Gasteiger partial charge in [0.2, 0.25) is 5.91 Å². The summed E-state index contributed by atoms with van der Waals surface area (Å²) >= 11 is 0. The molecule has 5 nitrogen and oxygen atoms in total. The van der Waals surface area contributed by atoms with Crippen LogP contribution in [0.15, 0.2) is 10.6 Å². The Bertz CT molecular complexity index is 453. The SMILES string of the molecule is Cc1cc([C@H]2CCCN2CCC(=O)NC2CC2)on1.